The van der Waals surface area contributed by atoms with Crippen LogP contribution in [0.2, 0.25) is 0 Å². The van der Waals surface area contributed by atoms with Crippen LogP contribution in [0.25, 0.3) is 0 Å². The molecule has 0 unspecified atom stereocenters. The Kier molecular flexibility index (Phi) is 7.17. The third-order valence-electron chi connectivity index (χ3n) is 5.02. The number of hydrogen-bond acceptors (Lipinski definition) is 3. The minimum Gasteiger partial charge on any atom is -0.452 e. The number of ether oxygens (including phenoxy) is 1. The van der Waals surface area contributed by atoms with Gasteiger partial charge in [-0.1, -0.05) is 68.8 Å². The average Bonchev–Trinajstić information content (AvgIpc) is 2.65. The number of carbonyl (C=O) groups is 2. The molecule has 0 aromatic heterocycles. The number of para-hydroxylation sites is 1. The molecule has 0 radical (unpaired) electrons. The summed E-state index contributed by atoms with van der Waals surface area (Å²) in [4.78, 5) is 25.4. The topological polar surface area (TPSA) is 55.4 Å². The van der Waals surface area contributed by atoms with Gasteiger partial charge in [-0.2, -0.15) is 0 Å². The van der Waals surface area contributed by atoms with Gasteiger partial charge in [-0.15, -0.1) is 0 Å². The molecule has 144 valence electrons. The molecule has 0 fully saturated rings. The second-order valence-electron chi connectivity index (χ2n) is 7.11. The highest BCUT2D eigenvalue weighted by atomic mass is 16.5. The molecule has 0 spiro atoms. The largest absolute Gasteiger partial charge is 0.452 e. The molecule has 2 rings (SSSR count). The van der Waals surface area contributed by atoms with Crippen molar-refractivity contribution in [3.63, 3.8) is 0 Å². The van der Waals surface area contributed by atoms with E-state index in [4.69, 9.17) is 4.74 Å². The lowest BCUT2D eigenvalue weighted by molar-refractivity contribution is -0.155. The van der Waals surface area contributed by atoms with E-state index in [-0.39, 0.29) is 23.7 Å². The molecule has 3 atom stereocenters. The highest BCUT2D eigenvalue weighted by Gasteiger charge is 2.30. The lowest BCUT2D eigenvalue weighted by Gasteiger charge is -2.24. The zero-order valence-electron chi connectivity index (χ0n) is 16.8. The average molecular weight is 367 g/mol. The van der Waals surface area contributed by atoms with Crippen molar-refractivity contribution in [2.45, 2.75) is 53.1 Å². The molecule has 1 N–H and O–H groups in total. The number of aryl methyl sites for hydroxylation is 2. The normalized spacial score (nSPS) is 14.1. The maximum absolute atomic E-state index is 12.8. The highest BCUT2D eigenvalue weighted by molar-refractivity contribution is 5.96. The van der Waals surface area contributed by atoms with Gasteiger partial charge in [0.1, 0.15) is 0 Å². The Morgan fingerprint density at radius 2 is 1.56 bits per heavy atom. The summed E-state index contributed by atoms with van der Waals surface area (Å²) in [5.74, 6) is -0.947. The summed E-state index contributed by atoms with van der Waals surface area (Å²) in [5.41, 5.74) is 3.64. The van der Waals surface area contributed by atoms with Crippen LogP contribution in [0.4, 0.5) is 5.69 Å². The fourth-order valence-corrected chi connectivity index (χ4v) is 3.13. The summed E-state index contributed by atoms with van der Waals surface area (Å²) in [6, 6.07) is 15.4. The second-order valence-corrected chi connectivity index (χ2v) is 7.11. The fraction of sp³-hybridized carbons (Fsp3) is 0.391. The van der Waals surface area contributed by atoms with E-state index in [1.54, 1.807) is 6.92 Å². The van der Waals surface area contributed by atoms with Crippen molar-refractivity contribution in [2.24, 2.45) is 5.92 Å². The van der Waals surface area contributed by atoms with E-state index in [9.17, 15) is 9.59 Å². The Morgan fingerprint density at radius 1 is 0.963 bits per heavy atom. The van der Waals surface area contributed by atoms with E-state index in [0.717, 1.165) is 28.8 Å². The summed E-state index contributed by atoms with van der Waals surface area (Å²) in [6.45, 7) is 9.56. The molecule has 27 heavy (non-hydrogen) atoms. The van der Waals surface area contributed by atoms with Crippen molar-refractivity contribution in [3.05, 3.63) is 65.2 Å². The van der Waals surface area contributed by atoms with Gasteiger partial charge in [-0.25, -0.2) is 0 Å². The van der Waals surface area contributed by atoms with E-state index in [1.807, 2.05) is 76.2 Å². The van der Waals surface area contributed by atoms with Crippen molar-refractivity contribution in [1.82, 2.24) is 0 Å². The maximum atomic E-state index is 12.8. The van der Waals surface area contributed by atoms with Crippen LogP contribution in [0.15, 0.2) is 48.5 Å². The zero-order valence-corrected chi connectivity index (χ0v) is 16.8. The van der Waals surface area contributed by atoms with Crippen LogP contribution < -0.4 is 5.32 Å². The smallest absolute Gasteiger partial charge is 0.314 e. The Balaban J connectivity index is 2.11. The van der Waals surface area contributed by atoms with E-state index in [0.29, 0.717) is 0 Å². The van der Waals surface area contributed by atoms with E-state index < -0.39 is 6.10 Å². The third kappa shape index (κ3) is 5.19. The van der Waals surface area contributed by atoms with Crippen molar-refractivity contribution >= 4 is 17.6 Å². The Morgan fingerprint density at radius 3 is 2.11 bits per heavy atom. The van der Waals surface area contributed by atoms with Crippen molar-refractivity contribution < 1.29 is 14.3 Å². The number of benzene rings is 2. The van der Waals surface area contributed by atoms with E-state index in [2.05, 4.69) is 5.32 Å². The predicted molar refractivity (Wildman–Crippen MR) is 109 cm³/mol. The Labute approximate surface area is 161 Å². The van der Waals surface area contributed by atoms with Crippen molar-refractivity contribution in [3.8, 4) is 0 Å². The molecule has 0 aliphatic rings. The maximum Gasteiger partial charge on any atom is 0.314 e. The van der Waals surface area contributed by atoms with Crippen LogP contribution in [0.1, 0.15) is 49.8 Å². The minimum absolute atomic E-state index is 0.119. The molecular formula is C23H29NO3. The summed E-state index contributed by atoms with van der Waals surface area (Å²) < 4.78 is 5.55. The summed E-state index contributed by atoms with van der Waals surface area (Å²) in [7, 11) is 0. The number of anilines is 1. The highest BCUT2D eigenvalue weighted by Crippen LogP contribution is 2.29. The number of carbonyl (C=O) groups excluding carboxylic acids is 2. The van der Waals surface area contributed by atoms with Crippen LogP contribution in [0.3, 0.4) is 0 Å². The van der Waals surface area contributed by atoms with Crippen LogP contribution >= 0.6 is 0 Å². The van der Waals surface area contributed by atoms with Crippen molar-refractivity contribution in [2.75, 3.05) is 5.32 Å². The van der Waals surface area contributed by atoms with Gasteiger partial charge < -0.3 is 10.1 Å². The summed E-state index contributed by atoms with van der Waals surface area (Å²) >= 11 is 0. The number of hydrogen-bond donors (Lipinski definition) is 1. The molecule has 0 saturated carbocycles. The van der Waals surface area contributed by atoms with Gasteiger partial charge in [0.2, 0.25) is 0 Å². The van der Waals surface area contributed by atoms with Gasteiger partial charge >= 0.3 is 5.97 Å². The molecular weight excluding hydrogens is 338 g/mol. The summed E-state index contributed by atoms with van der Waals surface area (Å²) in [6.07, 6.45) is -0.0238. The fourth-order valence-electron chi connectivity index (χ4n) is 3.13. The van der Waals surface area contributed by atoms with Gasteiger partial charge in [0.25, 0.3) is 5.91 Å². The van der Waals surface area contributed by atoms with Crippen LogP contribution in [-0.4, -0.2) is 18.0 Å². The molecule has 0 heterocycles. The van der Waals surface area contributed by atoms with E-state index in [1.165, 1.54) is 0 Å². The lowest BCUT2D eigenvalue weighted by Crippen LogP contribution is -2.33. The molecule has 1 amide bonds. The standard InChI is InChI=1S/C23H29NO3/c1-6-15(2)20(19-13-8-7-9-14-19)23(26)27-18(5)22(25)24-21-16(3)11-10-12-17(21)4/h7-15,18,20H,6H2,1-5H3,(H,24,25)/t15-,18+,20+/m1/s1. The van der Waals surface area contributed by atoms with Gasteiger partial charge in [0.05, 0.1) is 5.92 Å². The summed E-state index contributed by atoms with van der Waals surface area (Å²) in [5, 5.41) is 2.89. The number of amides is 1. The van der Waals surface area contributed by atoms with Crippen LogP contribution in [-0.2, 0) is 14.3 Å². The molecule has 0 aliphatic carbocycles. The van der Waals surface area contributed by atoms with Crippen LogP contribution in [0, 0.1) is 19.8 Å². The van der Waals surface area contributed by atoms with Gasteiger partial charge in [0, 0.05) is 5.69 Å². The van der Waals surface area contributed by atoms with Gasteiger partial charge in [-0.3, -0.25) is 9.59 Å². The SMILES string of the molecule is CC[C@@H](C)[C@H](C(=O)O[C@@H](C)C(=O)Nc1c(C)cccc1C)c1ccccc1. The molecule has 0 saturated heterocycles. The predicted octanol–water partition coefficient (Wildman–Crippen LogP) is 5.00. The first-order chi connectivity index (χ1) is 12.8. The lowest BCUT2D eigenvalue weighted by atomic mass is 9.85. The molecule has 4 heteroatoms. The van der Waals surface area contributed by atoms with E-state index >= 15 is 0 Å². The number of esters is 1. The molecule has 4 nitrogen and oxygen atoms in total. The zero-order chi connectivity index (χ0) is 20.0. The van der Waals surface area contributed by atoms with Crippen LogP contribution in [0.5, 0.6) is 0 Å². The van der Waals surface area contributed by atoms with Gasteiger partial charge in [0.15, 0.2) is 6.10 Å². The molecule has 2 aromatic rings. The first kappa shape index (κ1) is 20.7. The third-order valence-corrected chi connectivity index (χ3v) is 5.02. The Hall–Kier alpha value is -2.62. The van der Waals surface area contributed by atoms with Crippen molar-refractivity contribution in [1.29, 1.82) is 0 Å². The monoisotopic (exact) mass is 367 g/mol. The molecule has 0 aliphatic heterocycles. The molecule has 0 bridgehead atoms. The Bertz CT molecular complexity index is 765. The minimum atomic E-state index is -0.869. The van der Waals surface area contributed by atoms with Gasteiger partial charge in [-0.05, 0) is 43.4 Å². The quantitative estimate of drug-likeness (QED) is 0.700. The number of rotatable bonds is 7. The first-order valence-corrected chi connectivity index (χ1v) is 9.47. The molecule has 2 aromatic carbocycles. The second kappa shape index (κ2) is 9.36. The first-order valence-electron chi connectivity index (χ1n) is 9.47. The number of nitrogens with one attached hydrogen (secondary N) is 1.